The van der Waals surface area contributed by atoms with Crippen LogP contribution in [0.25, 0.3) is 10.9 Å². The molecule has 30 heavy (non-hydrogen) atoms. The Morgan fingerprint density at radius 1 is 0.867 bits per heavy atom. The van der Waals surface area contributed by atoms with Gasteiger partial charge in [-0.15, -0.1) is 0 Å². The van der Waals surface area contributed by atoms with Crippen molar-refractivity contribution in [3.8, 4) is 0 Å². The quantitative estimate of drug-likeness (QED) is 0.357. The highest BCUT2D eigenvalue weighted by molar-refractivity contribution is 5.84. The van der Waals surface area contributed by atoms with E-state index in [0.717, 1.165) is 6.54 Å². The summed E-state index contributed by atoms with van der Waals surface area (Å²) in [6, 6.07) is 29.1. The van der Waals surface area contributed by atoms with E-state index in [1.807, 2.05) is 0 Å². The number of hydrogen-bond acceptors (Lipinski definition) is 1. The second-order valence-corrected chi connectivity index (χ2v) is 8.55. The van der Waals surface area contributed by atoms with Crippen LogP contribution in [0.1, 0.15) is 61.3 Å². The average molecular weight is 395 g/mol. The Kier molecular flexibility index (Phi) is 5.31. The Labute approximate surface area is 179 Å². The fraction of sp³-hybridized carbons (Fsp3) is 0.286. The topological polar surface area (TPSA) is 19.0 Å². The molecule has 5 rings (SSSR count). The number of rotatable bonds is 6. The molecule has 152 valence electrons. The van der Waals surface area contributed by atoms with E-state index < -0.39 is 0 Å². The van der Waals surface area contributed by atoms with Crippen LogP contribution in [-0.2, 0) is 6.54 Å². The van der Waals surface area contributed by atoms with Gasteiger partial charge in [-0.25, -0.2) is 0 Å². The molecule has 0 radical (unpaired) electrons. The van der Waals surface area contributed by atoms with Gasteiger partial charge in [0.15, 0.2) is 0 Å². The monoisotopic (exact) mass is 394 g/mol. The van der Waals surface area contributed by atoms with E-state index >= 15 is 0 Å². The molecule has 2 nitrogen and oxygen atoms in total. The van der Waals surface area contributed by atoms with E-state index in [4.69, 9.17) is 0 Å². The second-order valence-electron chi connectivity index (χ2n) is 8.55. The first kappa shape index (κ1) is 19.0. The van der Waals surface area contributed by atoms with Gasteiger partial charge in [-0.2, -0.15) is 0 Å². The van der Waals surface area contributed by atoms with Gasteiger partial charge in [0.2, 0.25) is 0 Å². The molecule has 1 aliphatic rings. The van der Waals surface area contributed by atoms with Crippen LogP contribution in [0.2, 0.25) is 0 Å². The van der Waals surface area contributed by atoms with E-state index in [0.29, 0.717) is 12.0 Å². The molecular weight excluding hydrogens is 364 g/mol. The summed E-state index contributed by atoms with van der Waals surface area (Å²) in [6.45, 7) is 3.23. The number of nitrogens with one attached hydrogen (secondary N) is 1. The van der Waals surface area contributed by atoms with Crippen molar-refractivity contribution in [3.63, 3.8) is 0 Å². The largest absolute Gasteiger partial charge is 0.361 e. The Balaban J connectivity index is 1.62. The van der Waals surface area contributed by atoms with Crippen LogP contribution >= 0.6 is 0 Å². The zero-order valence-corrected chi connectivity index (χ0v) is 17.7. The lowest BCUT2D eigenvalue weighted by Gasteiger charge is -2.43. The highest BCUT2D eigenvalue weighted by Gasteiger charge is 2.34. The van der Waals surface area contributed by atoms with Gasteiger partial charge >= 0.3 is 0 Å². The minimum Gasteiger partial charge on any atom is -0.361 e. The van der Waals surface area contributed by atoms with E-state index in [2.05, 4.69) is 102 Å². The summed E-state index contributed by atoms with van der Waals surface area (Å²) in [4.78, 5) is 6.17. The minimum atomic E-state index is 0.373. The molecule has 0 bridgehead atoms. The molecule has 0 spiro atoms. The lowest BCUT2D eigenvalue weighted by Crippen LogP contribution is -2.34. The molecule has 1 aliphatic heterocycles. The van der Waals surface area contributed by atoms with Crippen LogP contribution in [0.15, 0.2) is 85.1 Å². The fourth-order valence-electron chi connectivity index (χ4n) is 5.15. The van der Waals surface area contributed by atoms with Crippen molar-refractivity contribution in [2.45, 2.75) is 51.1 Å². The number of benzene rings is 3. The van der Waals surface area contributed by atoms with Crippen LogP contribution in [-0.4, -0.2) is 4.98 Å². The number of fused-ring (bicyclic) bond motifs is 2. The summed E-state index contributed by atoms with van der Waals surface area (Å²) in [6.07, 6.45) is 7.23. The van der Waals surface area contributed by atoms with Gasteiger partial charge in [0.25, 0.3) is 0 Å². The van der Waals surface area contributed by atoms with Crippen LogP contribution < -0.4 is 4.90 Å². The van der Waals surface area contributed by atoms with Crippen LogP contribution in [0, 0.1) is 0 Å². The number of H-pyrrole nitrogens is 1. The van der Waals surface area contributed by atoms with Crippen LogP contribution in [0.3, 0.4) is 0 Å². The zero-order valence-electron chi connectivity index (χ0n) is 17.7. The van der Waals surface area contributed by atoms with Gasteiger partial charge in [-0.1, -0.05) is 86.5 Å². The van der Waals surface area contributed by atoms with Gasteiger partial charge in [0.1, 0.15) is 0 Å². The number of aromatic nitrogens is 1. The molecule has 2 atom stereocenters. The third kappa shape index (κ3) is 3.52. The van der Waals surface area contributed by atoms with E-state index in [1.54, 1.807) is 0 Å². The van der Waals surface area contributed by atoms with Gasteiger partial charge < -0.3 is 9.88 Å². The summed E-state index contributed by atoms with van der Waals surface area (Å²) in [7, 11) is 0. The third-order valence-electron chi connectivity index (χ3n) is 6.65. The normalized spacial score (nSPS) is 18.5. The second kappa shape index (κ2) is 8.39. The van der Waals surface area contributed by atoms with Crippen molar-refractivity contribution in [2.75, 3.05) is 4.90 Å². The Hall–Kier alpha value is -3.00. The summed E-state index contributed by atoms with van der Waals surface area (Å²) in [5.74, 6) is 0.617. The van der Waals surface area contributed by atoms with Crippen LogP contribution in [0.5, 0.6) is 0 Å². The molecule has 0 amide bonds. The first-order valence-electron chi connectivity index (χ1n) is 11.3. The van der Waals surface area contributed by atoms with Crippen molar-refractivity contribution < 1.29 is 0 Å². The molecular formula is C28H30N2. The lowest BCUT2D eigenvalue weighted by molar-refractivity contribution is 0.446. The number of nitrogens with zero attached hydrogens (tertiary/aromatic N) is 1. The fourth-order valence-corrected chi connectivity index (χ4v) is 5.15. The molecule has 4 aromatic rings. The van der Waals surface area contributed by atoms with E-state index in [9.17, 15) is 0 Å². The van der Waals surface area contributed by atoms with Gasteiger partial charge in [-0.05, 0) is 47.6 Å². The van der Waals surface area contributed by atoms with E-state index in [-0.39, 0.29) is 0 Å². The predicted octanol–water partition coefficient (Wildman–Crippen LogP) is 7.59. The number of hydrogen-bond donors (Lipinski definition) is 1. The summed E-state index contributed by atoms with van der Waals surface area (Å²) >= 11 is 0. The van der Waals surface area contributed by atoms with Gasteiger partial charge in [0, 0.05) is 29.3 Å². The minimum absolute atomic E-state index is 0.373. The summed E-state index contributed by atoms with van der Waals surface area (Å²) in [5.41, 5.74) is 6.96. The maximum absolute atomic E-state index is 3.53. The molecule has 2 heterocycles. The molecule has 1 N–H and O–H groups in total. The van der Waals surface area contributed by atoms with Gasteiger partial charge in [0.05, 0.1) is 6.04 Å². The molecule has 3 aromatic carbocycles. The summed E-state index contributed by atoms with van der Waals surface area (Å²) in [5, 5.41) is 1.36. The molecule has 2 unspecified atom stereocenters. The van der Waals surface area contributed by atoms with Crippen molar-refractivity contribution in [1.29, 1.82) is 0 Å². The molecule has 0 fully saturated rings. The molecule has 2 heteroatoms. The highest BCUT2D eigenvalue weighted by Crippen LogP contribution is 2.48. The Morgan fingerprint density at radius 2 is 1.63 bits per heavy atom. The molecule has 0 saturated carbocycles. The summed E-state index contributed by atoms with van der Waals surface area (Å²) < 4.78 is 0. The van der Waals surface area contributed by atoms with Crippen molar-refractivity contribution >= 4 is 16.6 Å². The standard InChI is InChI=1S/C28H30N2/c1-2-3-13-22-18-28(25-19-29-26-16-9-7-15-24(25)26)30(20-21-11-5-4-6-12-21)27-17-10-8-14-23(22)27/h4-12,14-17,19,22,28-29H,2-3,13,18,20H2,1H3. The molecule has 1 aromatic heterocycles. The van der Waals surface area contributed by atoms with Crippen molar-refractivity contribution in [3.05, 3.63) is 102 Å². The maximum Gasteiger partial charge on any atom is 0.0573 e. The van der Waals surface area contributed by atoms with E-state index in [1.165, 1.54) is 59.0 Å². The SMILES string of the molecule is CCCCC1CC(c2c[nH]c3ccccc23)N(Cc2ccccc2)c2ccccc21. The van der Waals surface area contributed by atoms with Crippen molar-refractivity contribution in [2.24, 2.45) is 0 Å². The van der Waals surface area contributed by atoms with Gasteiger partial charge in [-0.3, -0.25) is 0 Å². The Morgan fingerprint density at radius 3 is 2.50 bits per heavy atom. The first-order chi connectivity index (χ1) is 14.8. The van der Waals surface area contributed by atoms with Crippen LogP contribution in [0.4, 0.5) is 5.69 Å². The zero-order chi connectivity index (χ0) is 20.3. The maximum atomic E-state index is 3.53. The number of aromatic amines is 1. The first-order valence-corrected chi connectivity index (χ1v) is 11.3. The lowest BCUT2D eigenvalue weighted by atomic mass is 9.80. The molecule has 0 saturated heterocycles. The number of anilines is 1. The van der Waals surface area contributed by atoms with Crippen molar-refractivity contribution in [1.82, 2.24) is 4.98 Å². The smallest absolute Gasteiger partial charge is 0.0573 e. The highest BCUT2D eigenvalue weighted by atomic mass is 15.2. The average Bonchev–Trinajstić information content (AvgIpc) is 3.23. The number of para-hydroxylation sites is 2. The number of unbranched alkanes of at least 4 members (excludes halogenated alkanes) is 1. The predicted molar refractivity (Wildman–Crippen MR) is 127 cm³/mol. The Bertz CT molecular complexity index is 1110. The third-order valence-corrected chi connectivity index (χ3v) is 6.65. The molecule has 0 aliphatic carbocycles.